The number of ether oxygens (including phenoxy) is 1. The molecule has 0 aromatic heterocycles. The highest BCUT2D eigenvalue weighted by molar-refractivity contribution is 5.67. The number of rotatable bonds is 4. The molecule has 1 aliphatic carbocycles. The summed E-state index contributed by atoms with van der Waals surface area (Å²) in [6.45, 7) is 2.50. The fourth-order valence-electron chi connectivity index (χ4n) is 2.00. The van der Waals surface area contributed by atoms with Crippen molar-refractivity contribution in [1.82, 2.24) is 5.32 Å². The lowest BCUT2D eigenvalue weighted by Gasteiger charge is -2.26. The Balaban J connectivity index is 2.15. The topological polar surface area (TPSA) is 67.8 Å². The molecule has 0 radical (unpaired) electrons. The summed E-state index contributed by atoms with van der Waals surface area (Å²) in [6, 6.07) is 0.228. The van der Waals surface area contributed by atoms with E-state index < -0.39 is 6.09 Å². The molecule has 1 N–H and O–H groups in total. The maximum atomic E-state index is 11.3. The van der Waals surface area contributed by atoms with Crippen LogP contribution in [0.25, 0.3) is 0 Å². The summed E-state index contributed by atoms with van der Waals surface area (Å²) in [6.07, 6.45) is 5.40. The summed E-state index contributed by atoms with van der Waals surface area (Å²) < 4.78 is 4.86. The second-order valence-corrected chi connectivity index (χ2v) is 4.22. The molecule has 1 fully saturated rings. The van der Waals surface area contributed by atoms with Crippen LogP contribution in [0.1, 0.15) is 32.6 Å². The molecular weight excluding hydrogens is 208 g/mol. The second-order valence-electron chi connectivity index (χ2n) is 4.22. The Bertz CT molecular complexity index is 274. The van der Waals surface area contributed by atoms with Crippen LogP contribution < -0.4 is 5.32 Å². The van der Waals surface area contributed by atoms with Gasteiger partial charge in [-0.2, -0.15) is 0 Å². The van der Waals surface area contributed by atoms with Crippen LogP contribution in [0.2, 0.25) is 0 Å². The van der Waals surface area contributed by atoms with Crippen LogP contribution in [0.15, 0.2) is 4.99 Å². The van der Waals surface area contributed by atoms with Crippen LogP contribution in [0, 0.1) is 5.92 Å². The number of amides is 1. The fraction of sp³-hybridized carbons (Fsp3) is 0.818. The number of nitrogens with zero attached hydrogens (tertiary/aromatic N) is 1. The maximum Gasteiger partial charge on any atom is 0.407 e. The lowest BCUT2D eigenvalue weighted by molar-refractivity contribution is 0.140. The first-order valence-corrected chi connectivity index (χ1v) is 5.69. The lowest BCUT2D eigenvalue weighted by Crippen LogP contribution is -2.38. The molecule has 0 heterocycles. The molecule has 0 aliphatic heterocycles. The number of nitrogens with one attached hydrogen (secondary N) is 1. The summed E-state index contributed by atoms with van der Waals surface area (Å²) in [7, 11) is 0. The highest BCUT2D eigenvalue weighted by Gasteiger charge is 2.20. The highest BCUT2D eigenvalue weighted by Crippen LogP contribution is 2.23. The zero-order chi connectivity index (χ0) is 11.8. The molecule has 16 heavy (non-hydrogen) atoms. The van der Waals surface area contributed by atoms with E-state index in [4.69, 9.17) is 4.74 Å². The normalized spacial score (nSPS) is 24.3. The van der Waals surface area contributed by atoms with Gasteiger partial charge in [0.15, 0.2) is 0 Å². The van der Waals surface area contributed by atoms with Gasteiger partial charge in [-0.25, -0.2) is 14.6 Å². The van der Waals surface area contributed by atoms with Crippen molar-refractivity contribution in [3.63, 3.8) is 0 Å². The molecule has 0 bridgehead atoms. The van der Waals surface area contributed by atoms with Crippen molar-refractivity contribution in [1.29, 1.82) is 0 Å². The van der Waals surface area contributed by atoms with Crippen molar-refractivity contribution in [2.75, 3.05) is 13.2 Å². The van der Waals surface area contributed by atoms with Crippen LogP contribution in [-0.2, 0) is 9.53 Å². The molecule has 5 nitrogen and oxygen atoms in total. The van der Waals surface area contributed by atoms with Gasteiger partial charge in [0.25, 0.3) is 0 Å². The average Bonchev–Trinajstić information content (AvgIpc) is 2.24. The van der Waals surface area contributed by atoms with Crippen molar-refractivity contribution in [3.8, 4) is 0 Å². The maximum absolute atomic E-state index is 11.3. The first-order chi connectivity index (χ1) is 7.72. The number of hydrogen-bond acceptors (Lipinski definition) is 4. The average molecular weight is 226 g/mol. The van der Waals surface area contributed by atoms with Crippen LogP contribution in [0.4, 0.5) is 4.79 Å². The molecule has 0 spiro atoms. The van der Waals surface area contributed by atoms with Crippen molar-refractivity contribution in [2.45, 2.75) is 38.6 Å². The van der Waals surface area contributed by atoms with Gasteiger partial charge in [-0.15, -0.1) is 0 Å². The van der Waals surface area contributed by atoms with Gasteiger partial charge in [0.1, 0.15) is 6.61 Å². The number of alkyl carbamates (subject to hydrolysis) is 1. The van der Waals surface area contributed by atoms with E-state index in [1.54, 1.807) is 0 Å². The molecule has 0 aromatic rings. The lowest BCUT2D eigenvalue weighted by atomic mass is 9.87. The summed E-state index contributed by atoms with van der Waals surface area (Å²) in [4.78, 5) is 24.4. The smallest absolute Gasteiger partial charge is 0.407 e. The molecule has 2 unspecified atom stereocenters. The first kappa shape index (κ1) is 12.7. The van der Waals surface area contributed by atoms with E-state index in [-0.39, 0.29) is 19.2 Å². The Labute approximate surface area is 95.3 Å². The van der Waals surface area contributed by atoms with Gasteiger partial charge in [-0.1, -0.05) is 19.8 Å². The van der Waals surface area contributed by atoms with Gasteiger partial charge in [-0.05, 0) is 18.8 Å². The molecule has 2 atom stereocenters. The van der Waals surface area contributed by atoms with Gasteiger partial charge in [0.2, 0.25) is 6.08 Å². The van der Waals surface area contributed by atoms with Crippen molar-refractivity contribution >= 4 is 12.2 Å². The largest absolute Gasteiger partial charge is 0.448 e. The minimum Gasteiger partial charge on any atom is -0.448 e. The molecule has 1 amide bonds. The highest BCUT2D eigenvalue weighted by atomic mass is 16.5. The fourth-order valence-corrected chi connectivity index (χ4v) is 2.00. The first-order valence-electron chi connectivity index (χ1n) is 5.69. The number of isocyanates is 1. The predicted octanol–water partition coefficient (Wildman–Crippen LogP) is 1.63. The van der Waals surface area contributed by atoms with Crippen molar-refractivity contribution in [3.05, 3.63) is 0 Å². The number of hydrogen-bond donors (Lipinski definition) is 1. The van der Waals surface area contributed by atoms with Gasteiger partial charge < -0.3 is 10.1 Å². The van der Waals surface area contributed by atoms with Gasteiger partial charge >= 0.3 is 6.09 Å². The Kier molecular flexibility index (Phi) is 5.57. The zero-order valence-corrected chi connectivity index (χ0v) is 9.57. The minimum atomic E-state index is -0.416. The van der Waals surface area contributed by atoms with E-state index in [2.05, 4.69) is 17.2 Å². The second kappa shape index (κ2) is 7.01. The van der Waals surface area contributed by atoms with E-state index in [9.17, 15) is 9.59 Å². The number of carbonyl (C=O) groups is 1. The molecular formula is C11H18N2O3. The van der Waals surface area contributed by atoms with Gasteiger partial charge in [0, 0.05) is 6.04 Å². The quantitative estimate of drug-likeness (QED) is 0.450. The Morgan fingerprint density at radius 1 is 1.56 bits per heavy atom. The summed E-state index contributed by atoms with van der Waals surface area (Å²) in [5.41, 5.74) is 0. The van der Waals surface area contributed by atoms with Crippen molar-refractivity contribution in [2.24, 2.45) is 10.9 Å². The standard InChI is InChI=1S/C11H18N2O3/c1-9-3-2-4-10(7-9)13-11(15)16-6-5-12-8-14/h9-10H,2-7H2,1H3,(H,13,15). The van der Waals surface area contributed by atoms with Crippen molar-refractivity contribution < 1.29 is 14.3 Å². The third-order valence-corrected chi connectivity index (χ3v) is 2.76. The number of carbonyl (C=O) groups excluding carboxylic acids is 2. The van der Waals surface area contributed by atoms with Crippen LogP contribution in [0.3, 0.4) is 0 Å². The summed E-state index contributed by atoms with van der Waals surface area (Å²) in [5, 5.41) is 2.82. The van der Waals surface area contributed by atoms with Gasteiger partial charge in [-0.3, -0.25) is 0 Å². The third-order valence-electron chi connectivity index (χ3n) is 2.76. The van der Waals surface area contributed by atoms with E-state index in [0.717, 1.165) is 19.3 Å². The van der Waals surface area contributed by atoms with E-state index in [0.29, 0.717) is 5.92 Å². The Morgan fingerprint density at radius 2 is 2.38 bits per heavy atom. The monoisotopic (exact) mass is 226 g/mol. The third kappa shape index (κ3) is 4.94. The minimum absolute atomic E-state index is 0.128. The molecule has 1 aliphatic rings. The number of aliphatic imine (C=N–C) groups is 1. The molecule has 1 rings (SSSR count). The summed E-state index contributed by atoms with van der Waals surface area (Å²) >= 11 is 0. The molecule has 90 valence electrons. The zero-order valence-electron chi connectivity index (χ0n) is 9.57. The predicted molar refractivity (Wildman–Crippen MR) is 58.9 cm³/mol. The van der Waals surface area contributed by atoms with E-state index in [1.807, 2.05) is 0 Å². The molecule has 0 saturated heterocycles. The SMILES string of the molecule is CC1CCCC(NC(=O)OCCN=C=O)C1. The van der Waals surface area contributed by atoms with Crippen LogP contribution in [-0.4, -0.2) is 31.4 Å². The van der Waals surface area contributed by atoms with Crippen LogP contribution in [0.5, 0.6) is 0 Å². The van der Waals surface area contributed by atoms with E-state index in [1.165, 1.54) is 12.5 Å². The van der Waals surface area contributed by atoms with E-state index >= 15 is 0 Å². The molecule has 0 aromatic carbocycles. The van der Waals surface area contributed by atoms with Crippen LogP contribution >= 0.6 is 0 Å². The Hall–Kier alpha value is -1.35. The van der Waals surface area contributed by atoms with Gasteiger partial charge in [0.05, 0.1) is 6.54 Å². The molecule has 1 saturated carbocycles. The summed E-state index contributed by atoms with van der Waals surface area (Å²) in [5.74, 6) is 0.665. The Morgan fingerprint density at radius 3 is 3.06 bits per heavy atom. The molecule has 5 heteroatoms.